The molecule has 3 aromatic rings. The van der Waals surface area contributed by atoms with E-state index < -0.39 is 27.7 Å². The molecule has 6 nitrogen and oxygen atoms in total. The smallest absolute Gasteiger partial charge is 0.416 e. The summed E-state index contributed by atoms with van der Waals surface area (Å²) in [6.45, 7) is 1.58. The van der Waals surface area contributed by atoms with Gasteiger partial charge in [-0.15, -0.1) is 0 Å². The predicted octanol–water partition coefficient (Wildman–Crippen LogP) is 5.04. The van der Waals surface area contributed by atoms with Crippen molar-refractivity contribution in [3.63, 3.8) is 0 Å². The lowest BCUT2D eigenvalue weighted by Crippen LogP contribution is -2.36. The normalized spacial score (nSPS) is 15.4. The van der Waals surface area contributed by atoms with Crippen LogP contribution in [0.5, 0.6) is 5.75 Å². The summed E-state index contributed by atoms with van der Waals surface area (Å²) in [4.78, 5) is 13.3. The van der Waals surface area contributed by atoms with E-state index in [-0.39, 0.29) is 17.4 Å². The van der Waals surface area contributed by atoms with Crippen LogP contribution in [-0.2, 0) is 29.0 Å². The number of benzene rings is 3. The highest BCUT2D eigenvalue weighted by atomic mass is 32.2. The minimum atomic E-state index is -4.47. The second-order valence-corrected chi connectivity index (χ2v) is 10.6. The fourth-order valence-electron chi connectivity index (χ4n) is 4.33. The number of ether oxygens (including phenoxy) is 1. The molecule has 1 amide bonds. The number of anilines is 1. The Balaban J connectivity index is 1.59. The van der Waals surface area contributed by atoms with Crippen LogP contribution in [0, 0.1) is 0 Å². The molecule has 2 N–H and O–H groups in total. The number of fused-ring (bicyclic) bond motifs is 1. The lowest BCUT2D eigenvalue weighted by Gasteiger charge is -2.15. The van der Waals surface area contributed by atoms with E-state index in [2.05, 4.69) is 10.0 Å². The van der Waals surface area contributed by atoms with Gasteiger partial charge in [-0.25, -0.2) is 13.1 Å². The number of hydrogen-bond acceptors (Lipinski definition) is 4. The summed E-state index contributed by atoms with van der Waals surface area (Å²) < 4.78 is 71.0. The lowest BCUT2D eigenvalue weighted by molar-refractivity contribution is -0.137. The van der Waals surface area contributed by atoms with Crippen molar-refractivity contribution in [3.05, 3.63) is 82.9 Å². The predicted molar refractivity (Wildman–Crippen MR) is 132 cm³/mol. The molecule has 0 aliphatic heterocycles. The van der Waals surface area contributed by atoms with Crippen LogP contribution in [0.25, 0.3) is 11.1 Å². The quantitative estimate of drug-likeness (QED) is 0.459. The number of carbonyl (C=O) groups excluding carboxylic acids is 1. The second kappa shape index (κ2) is 9.94. The number of carbonyl (C=O) groups is 1. The van der Waals surface area contributed by atoms with Crippen molar-refractivity contribution in [2.24, 2.45) is 0 Å². The number of methoxy groups -OCH3 is 1. The molecule has 1 unspecified atom stereocenters. The van der Waals surface area contributed by atoms with Crippen molar-refractivity contribution in [1.29, 1.82) is 0 Å². The van der Waals surface area contributed by atoms with Gasteiger partial charge in [-0.2, -0.15) is 13.2 Å². The van der Waals surface area contributed by atoms with Crippen LogP contribution in [0.4, 0.5) is 18.9 Å². The van der Waals surface area contributed by atoms with Gasteiger partial charge in [0.05, 0.1) is 24.0 Å². The van der Waals surface area contributed by atoms with Gasteiger partial charge >= 0.3 is 6.18 Å². The maximum atomic E-state index is 13.3. The summed E-state index contributed by atoms with van der Waals surface area (Å²) in [5.41, 5.74) is 2.70. The standard InChI is InChI=1S/C26H25F3N2O4S/c1-3-36(33,34)31-21-13-17-9-12-20(14-18(17)15-21)30-25(32)22-5-4-6-23(35-2)24(22)16-7-10-19(11-8-16)26(27,28)29/h4-12,14,21,31H,3,13,15H2,1-2H3,(H,30,32). The van der Waals surface area contributed by atoms with E-state index in [9.17, 15) is 26.4 Å². The maximum absolute atomic E-state index is 13.3. The van der Waals surface area contributed by atoms with Gasteiger partial charge in [-0.05, 0) is 72.9 Å². The van der Waals surface area contributed by atoms with Crippen LogP contribution >= 0.6 is 0 Å². The van der Waals surface area contributed by atoms with E-state index in [1.54, 1.807) is 31.2 Å². The summed E-state index contributed by atoms with van der Waals surface area (Å²) in [5, 5.41) is 2.85. The summed E-state index contributed by atoms with van der Waals surface area (Å²) >= 11 is 0. The molecule has 0 radical (unpaired) electrons. The number of amides is 1. The molecule has 0 saturated carbocycles. The van der Waals surface area contributed by atoms with E-state index in [4.69, 9.17) is 4.74 Å². The van der Waals surface area contributed by atoms with Crippen LogP contribution in [0.2, 0.25) is 0 Å². The highest BCUT2D eigenvalue weighted by molar-refractivity contribution is 7.89. The Morgan fingerprint density at radius 2 is 1.72 bits per heavy atom. The molecule has 4 rings (SSSR count). The maximum Gasteiger partial charge on any atom is 0.416 e. The van der Waals surface area contributed by atoms with Crippen LogP contribution in [0.15, 0.2) is 60.7 Å². The van der Waals surface area contributed by atoms with E-state index >= 15 is 0 Å². The average molecular weight is 519 g/mol. The molecule has 0 fully saturated rings. The van der Waals surface area contributed by atoms with Crippen molar-refractivity contribution in [1.82, 2.24) is 4.72 Å². The average Bonchev–Trinajstić information content (AvgIpc) is 3.23. The van der Waals surface area contributed by atoms with Gasteiger partial charge in [-0.1, -0.05) is 24.3 Å². The molecule has 0 aromatic heterocycles. The first-order valence-corrected chi connectivity index (χ1v) is 12.9. The number of halogens is 3. The van der Waals surface area contributed by atoms with Crippen molar-refractivity contribution >= 4 is 21.6 Å². The van der Waals surface area contributed by atoms with E-state index in [1.807, 2.05) is 12.1 Å². The minimum Gasteiger partial charge on any atom is -0.496 e. The Morgan fingerprint density at radius 1 is 1.03 bits per heavy atom. The monoisotopic (exact) mass is 518 g/mol. The van der Waals surface area contributed by atoms with Crippen molar-refractivity contribution in [2.75, 3.05) is 18.2 Å². The number of rotatable bonds is 7. The Hall–Kier alpha value is -3.37. The van der Waals surface area contributed by atoms with Gasteiger partial charge in [0.25, 0.3) is 5.91 Å². The Labute approximate surface area is 207 Å². The molecule has 1 aliphatic carbocycles. The summed E-state index contributed by atoms with van der Waals surface area (Å²) in [7, 11) is -1.90. The highest BCUT2D eigenvalue weighted by Gasteiger charge is 2.30. The Kier molecular flexibility index (Phi) is 7.10. The molecule has 3 aromatic carbocycles. The zero-order valence-corrected chi connectivity index (χ0v) is 20.5. The minimum absolute atomic E-state index is 0.00293. The zero-order valence-electron chi connectivity index (χ0n) is 19.6. The van der Waals surface area contributed by atoms with Gasteiger partial charge in [0.2, 0.25) is 10.0 Å². The van der Waals surface area contributed by atoms with E-state index in [1.165, 1.54) is 19.2 Å². The lowest BCUT2D eigenvalue weighted by atomic mass is 9.96. The third-order valence-corrected chi connectivity index (χ3v) is 7.57. The number of sulfonamides is 1. The molecule has 0 heterocycles. The number of nitrogens with one attached hydrogen (secondary N) is 2. The Morgan fingerprint density at radius 3 is 2.36 bits per heavy atom. The van der Waals surface area contributed by atoms with Crippen molar-refractivity contribution in [2.45, 2.75) is 32.0 Å². The summed E-state index contributed by atoms with van der Waals surface area (Å²) in [6, 6.07) is 14.6. The van der Waals surface area contributed by atoms with Crippen molar-refractivity contribution < 1.29 is 31.1 Å². The molecular weight excluding hydrogens is 493 g/mol. The zero-order chi connectivity index (χ0) is 26.1. The molecule has 36 heavy (non-hydrogen) atoms. The van der Waals surface area contributed by atoms with Crippen LogP contribution in [0.1, 0.15) is 34.0 Å². The first-order chi connectivity index (χ1) is 17.0. The molecule has 10 heteroatoms. The van der Waals surface area contributed by atoms with E-state index in [0.717, 1.165) is 23.3 Å². The second-order valence-electron chi connectivity index (χ2n) is 8.52. The first-order valence-electron chi connectivity index (χ1n) is 11.3. The SMILES string of the molecule is CCS(=O)(=O)NC1Cc2ccc(NC(=O)c3cccc(OC)c3-c3ccc(C(F)(F)F)cc3)cc2C1. The fourth-order valence-corrected chi connectivity index (χ4v) is 5.17. The van der Waals surface area contributed by atoms with Gasteiger partial charge < -0.3 is 10.1 Å². The molecule has 1 aliphatic rings. The molecule has 1 atom stereocenters. The molecule has 0 bridgehead atoms. The van der Waals surface area contributed by atoms with Gasteiger partial charge in [0.15, 0.2) is 0 Å². The fraction of sp³-hybridized carbons (Fsp3) is 0.269. The van der Waals surface area contributed by atoms with Gasteiger partial charge in [-0.3, -0.25) is 4.79 Å². The van der Waals surface area contributed by atoms with Crippen LogP contribution in [-0.4, -0.2) is 33.2 Å². The third kappa shape index (κ3) is 5.55. The van der Waals surface area contributed by atoms with Gasteiger partial charge in [0, 0.05) is 17.3 Å². The molecular formula is C26H25F3N2O4S. The van der Waals surface area contributed by atoms with E-state index in [0.29, 0.717) is 35.4 Å². The summed E-state index contributed by atoms with van der Waals surface area (Å²) in [6.07, 6.45) is -3.40. The van der Waals surface area contributed by atoms with Crippen LogP contribution < -0.4 is 14.8 Å². The molecule has 190 valence electrons. The largest absolute Gasteiger partial charge is 0.496 e. The van der Waals surface area contributed by atoms with Gasteiger partial charge in [0.1, 0.15) is 5.75 Å². The molecule has 0 saturated heterocycles. The first kappa shape index (κ1) is 25.7. The topological polar surface area (TPSA) is 84.5 Å². The third-order valence-electron chi connectivity index (χ3n) is 6.11. The van der Waals surface area contributed by atoms with Crippen molar-refractivity contribution in [3.8, 4) is 16.9 Å². The summed E-state index contributed by atoms with van der Waals surface area (Å²) in [5.74, 6) is -0.101. The highest BCUT2D eigenvalue weighted by Crippen LogP contribution is 2.36. The Bertz CT molecular complexity index is 1390. The molecule has 0 spiro atoms. The van der Waals surface area contributed by atoms with Crippen LogP contribution in [0.3, 0.4) is 0 Å². The number of hydrogen-bond donors (Lipinski definition) is 2. The number of alkyl halides is 3.